The standard InChI is InChI=1S/C18H26BrN3O2.ClH/c1-12-9-15(19)6-7-16(12)18(24)22-8-4-5-14(11-22)17(23)21(3)13(2)10-20;/h6-7,9,13-14H,4-5,8,10-11,20H2,1-3H3;1H. The van der Waals surface area contributed by atoms with E-state index < -0.39 is 0 Å². The lowest BCUT2D eigenvalue weighted by atomic mass is 9.95. The molecule has 140 valence electrons. The van der Waals surface area contributed by atoms with Gasteiger partial charge in [0.05, 0.1) is 5.92 Å². The lowest BCUT2D eigenvalue weighted by Crippen LogP contribution is -2.49. The molecule has 7 heteroatoms. The number of carbonyl (C=O) groups excluding carboxylic acids is 2. The third-order valence-corrected chi connectivity index (χ3v) is 5.32. The first-order chi connectivity index (χ1) is 11.3. The van der Waals surface area contributed by atoms with Gasteiger partial charge in [-0.05, 0) is 50.5 Å². The van der Waals surface area contributed by atoms with Gasteiger partial charge in [0, 0.05) is 42.8 Å². The number of rotatable bonds is 4. The zero-order valence-corrected chi connectivity index (χ0v) is 17.4. The second-order valence-corrected chi connectivity index (χ2v) is 7.50. The highest BCUT2D eigenvalue weighted by molar-refractivity contribution is 9.10. The number of nitrogens with zero attached hydrogens (tertiary/aromatic N) is 2. The van der Waals surface area contributed by atoms with Crippen LogP contribution < -0.4 is 5.73 Å². The molecular weight excluding hydrogens is 406 g/mol. The van der Waals surface area contributed by atoms with Crippen molar-refractivity contribution in [2.45, 2.75) is 32.7 Å². The van der Waals surface area contributed by atoms with Crippen molar-refractivity contribution in [2.75, 3.05) is 26.7 Å². The molecule has 0 aliphatic carbocycles. The number of nitrogens with two attached hydrogens (primary N) is 1. The monoisotopic (exact) mass is 431 g/mol. The van der Waals surface area contributed by atoms with Crippen LogP contribution in [0, 0.1) is 12.8 Å². The van der Waals surface area contributed by atoms with Crippen molar-refractivity contribution >= 4 is 40.2 Å². The van der Waals surface area contributed by atoms with Crippen molar-refractivity contribution in [3.05, 3.63) is 33.8 Å². The molecule has 2 unspecified atom stereocenters. The molecule has 0 bridgehead atoms. The summed E-state index contributed by atoms with van der Waals surface area (Å²) in [7, 11) is 1.79. The van der Waals surface area contributed by atoms with E-state index in [1.807, 2.05) is 36.9 Å². The number of aryl methyl sites for hydroxylation is 1. The summed E-state index contributed by atoms with van der Waals surface area (Å²) < 4.78 is 0.959. The number of hydrogen-bond acceptors (Lipinski definition) is 3. The molecule has 25 heavy (non-hydrogen) atoms. The highest BCUT2D eigenvalue weighted by atomic mass is 79.9. The zero-order valence-electron chi connectivity index (χ0n) is 15.0. The molecule has 0 aromatic heterocycles. The van der Waals surface area contributed by atoms with Crippen molar-refractivity contribution in [2.24, 2.45) is 11.7 Å². The molecule has 1 heterocycles. The van der Waals surface area contributed by atoms with Gasteiger partial charge < -0.3 is 15.5 Å². The molecule has 1 aromatic rings. The maximum atomic E-state index is 12.8. The molecule has 1 saturated heterocycles. The summed E-state index contributed by atoms with van der Waals surface area (Å²) in [4.78, 5) is 29.0. The number of hydrogen-bond donors (Lipinski definition) is 1. The molecule has 2 amide bonds. The van der Waals surface area contributed by atoms with Crippen molar-refractivity contribution in [3.63, 3.8) is 0 Å². The Balaban J connectivity index is 0.00000312. The third-order valence-electron chi connectivity index (χ3n) is 4.83. The van der Waals surface area contributed by atoms with E-state index in [1.54, 1.807) is 11.9 Å². The van der Waals surface area contributed by atoms with Gasteiger partial charge in [-0.15, -0.1) is 12.4 Å². The maximum absolute atomic E-state index is 12.8. The van der Waals surface area contributed by atoms with Crippen LogP contribution in [-0.4, -0.2) is 54.3 Å². The maximum Gasteiger partial charge on any atom is 0.254 e. The summed E-state index contributed by atoms with van der Waals surface area (Å²) in [5.74, 6) is -0.0533. The smallest absolute Gasteiger partial charge is 0.254 e. The molecule has 0 radical (unpaired) electrons. The van der Waals surface area contributed by atoms with E-state index in [-0.39, 0.29) is 36.2 Å². The number of piperidine rings is 1. The van der Waals surface area contributed by atoms with Crippen LogP contribution in [0.25, 0.3) is 0 Å². The van der Waals surface area contributed by atoms with E-state index >= 15 is 0 Å². The molecule has 1 aliphatic rings. The van der Waals surface area contributed by atoms with Crippen molar-refractivity contribution in [3.8, 4) is 0 Å². The Bertz CT molecular complexity index is 626. The van der Waals surface area contributed by atoms with Crippen LogP contribution in [0.3, 0.4) is 0 Å². The average molecular weight is 433 g/mol. The van der Waals surface area contributed by atoms with Crippen LogP contribution in [-0.2, 0) is 4.79 Å². The molecule has 1 aromatic carbocycles. The number of carbonyl (C=O) groups is 2. The Morgan fingerprint density at radius 2 is 2.12 bits per heavy atom. The Kier molecular flexibility index (Phi) is 8.38. The van der Waals surface area contributed by atoms with Gasteiger partial charge in [-0.3, -0.25) is 9.59 Å². The van der Waals surface area contributed by atoms with Gasteiger partial charge in [-0.1, -0.05) is 15.9 Å². The van der Waals surface area contributed by atoms with Crippen molar-refractivity contribution in [1.29, 1.82) is 0 Å². The summed E-state index contributed by atoms with van der Waals surface area (Å²) in [6.07, 6.45) is 1.67. The summed E-state index contributed by atoms with van der Waals surface area (Å²) in [6, 6.07) is 5.67. The molecule has 2 N–H and O–H groups in total. The third kappa shape index (κ3) is 5.19. The molecule has 5 nitrogen and oxygen atoms in total. The number of likely N-dealkylation sites (N-methyl/N-ethyl adjacent to an activating group) is 1. The SMILES string of the molecule is Cc1cc(Br)ccc1C(=O)N1CCCC(C(=O)N(C)C(C)CN)C1.Cl. The minimum Gasteiger partial charge on any atom is -0.341 e. The van der Waals surface area contributed by atoms with Crippen LogP contribution in [0.1, 0.15) is 35.7 Å². The topological polar surface area (TPSA) is 66.6 Å². The Morgan fingerprint density at radius 3 is 2.72 bits per heavy atom. The fourth-order valence-corrected chi connectivity index (χ4v) is 3.54. The molecule has 2 atom stereocenters. The second kappa shape index (κ2) is 9.55. The number of likely N-dealkylation sites (tertiary alicyclic amines) is 1. The first-order valence-electron chi connectivity index (χ1n) is 8.37. The van der Waals surface area contributed by atoms with E-state index in [9.17, 15) is 9.59 Å². The fraction of sp³-hybridized carbons (Fsp3) is 0.556. The van der Waals surface area contributed by atoms with E-state index in [1.165, 1.54) is 0 Å². The largest absolute Gasteiger partial charge is 0.341 e. The van der Waals surface area contributed by atoms with Gasteiger partial charge in [0.15, 0.2) is 0 Å². The van der Waals surface area contributed by atoms with Gasteiger partial charge in [0.25, 0.3) is 5.91 Å². The van der Waals surface area contributed by atoms with Gasteiger partial charge in [0.1, 0.15) is 0 Å². The highest BCUT2D eigenvalue weighted by Crippen LogP contribution is 2.23. The lowest BCUT2D eigenvalue weighted by molar-refractivity contribution is -0.137. The molecule has 1 fully saturated rings. The van der Waals surface area contributed by atoms with Gasteiger partial charge >= 0.3 is 0 Å². The minimum atomic E-state index is -0.141. The average Bonchev–Trinajstić information content (AvgIpc) is 2.59. The van der Waals surface area contributed by atoms with Gasteiger partial charge in [0.2, 0.25) is 5.91 Å². The summed E-state index contributed by atoms with van der Waals surface area (Å²) in [5, 5.41) is 0. The van der Waals surface area contributed by atoms with Gasteiger partial charge in [-0.2, -0.15) is 0 Å². The van der Waals surface area contributed by atoms with E-state index in [0.717, 1.165) is 22.9 Å². The number of amides is 2. The summed E-state index contributed by atoms with van der Waals surface area (Å²) in [5.41, 5.74) is 7.30. The van der Waals surface area contributed by atoms with E-state index in [2.05, 4.69) is 15.9 Å². The Hall–Kier alpha value is -1.11. The molecule has 0 spiro atoms. The molecule has 1 aliphatic heterocycles. The highest BCUT2D eigenvalue weighted by Gasteiger charge is 2.31. The zero-order chi connectivity index (χ0) is 17.9. The van der Waals surface area contributed by atoms with Gasteiger partial charge in [-0.25, -0.2) is 0 Å². The van der Waals surface area contributed by atoms with Crippen LogP contribution >= 0.6 is 28.3 Å². The first-order valence-corrected chi connectivity index (χ1v) is 9.16. The van der Waals surface area contributed by atoms with Crippen LogP contribution in [0.4, 0.5) is 0 Å². The number of halogens is 2. The Morgan fingerprint density at radius 1 is 1.44 bits per heavy atom. The fourth-order valence-electron chi connectivity index (χ4n) is 3.06. The van der Waals surface area contributed by atoms with Crippen molar-refractivity contribution in [1.82, 2.24) is 9.80 Å². The summed E-state index contributed by atoms with van der Waals surface area (Å²) >= 11 is 3.42. The second-order valence-electron chi connectivity index (χ2n) is 6.58. The van der Waals surface area contributed by atoms with E-state index in [4.69, 9.17) is 5.73 Å². The first kappa shape index (κ1) is 21.9. The van der Waals surface area contributed by atoms with Crippen LogP contribution in [0.2, 0.25) is 0 Å². The Labute approximate surface area is 164 Å². The summed E-state index contributed by atoms with van der Waals surface area (Å²) in [6.45, 7) is 5.49. The van der Waals surface area contributed by atoms with Crippen molar-refractivity contribution < 1.29 is 9.59 Å². The normalized spacial score (nSPS) is 18.3. The van der Waals surface area contributed by atoms with Crippen LogP contribution in [0.15, 0.2) is 22.7 Å². The molecule has 2 rings (SSSR count). The number of benzene rings is 1. The predicted octanol–water partition coefficient (Wildman–Crippen LogP) is 2.84. The van der Waals surface area contributed by atoms with Crippen LogP contribution in [0.5, 0.6) is 0 Å². The van der Waals surface area contributed by atoms with E-state index in [0.29, 0.717) is 25.2 Å². The quantitative estimate of drug-likeness (QED) is 0.795. The molecular formula is C18H27BrClN3O2. The molecule has 0 saturated carbocycles. The lowest BCUT2D eigenvalue weighted by Gasteiger charge is -2.35. The minimum absolute atomic E-state index is 0. The predicted molar refractivity (Wildman–Crippen MR) is 106 cm³/mol.